The van der Waals surface area contributed by atoms with Crippen molar-refractivity contribution >= 4 is 39.4 Å². The largest absolute Gasteiger partial charge is 0.481 e. The Kier molecular flexibility index (Phi) is 9.00. The summed E-state index contributed by atoms with van der Waals surface area (Å²) in [7, 11) is 1.57. The quantitative estimate of drug-likeness (QED) is 0.366. The Balaban J connectivity index is 0.00000164. The van der Waals surface area contributed by atoms with E-state index in [0.29, 0.717) is 46.6 Å². The summed E-state index contributed by atoms with van der Waals surface area (Å²) in [6.07, 6.45) is 6.61. The summed E-state index contributed by atoms with van der Waals surface area (Å²) in [5.74, 6) is 0.0375. The first-order valence-corrected chi connectivity index (χ1v) is 13.2. The minimum atomic E-state index is -0.321. The number of nitrogens with one attached hydrogen (secondary N) is 2. The molecule has 0 unspecified atom stereocenters. The summed E-state index contributed by atoms with van der Waals surface area (Å²) >= 11 is 1.42. The van der Waals surface area contributed by atoms with Gasteiger partial charge < -0.3 is 20.1 Å². The highest BCUT2D eigenvalue weighted by molar-refractivity contribution is 7.21. The number of rotatable bonds is 7. The number of amides is 2. The molecule has 200 valence electrons. The smallest absolute Gasteiger partial charge is 0.260 e. The summed E-state index contributed by atoms with van der Waals surface area (Å²) in [5, 5.41) is 10.1. The molecule has 5 heterocycles. The number of hydrogen-bond acceptors (Lipinski definition) is 9. The maximum atomic E-state index is 13.2. The van der Waals surface area contributed by atoms with E-state index >= 15 is 0 Å². The van der Waals surface area contributed by atoms with Crippen molar-refractivity contribution in [1.29, 1.82) is 0 Å². The first-order valence-electron chi connectivity index (χ1n) is 12.4. The van der Waals surface area contributed by atoms with Crippen molar-refractivity contribution in [3.05, 3.63) is 54.2 Å². The van der Waals surface area contributed by atoms with E-state index in [1.165, 1.54) is 17.5 Å². The van der Waals surface area contributed by atoms with Gasteiger partial charge in [-0.2, -0.15) is 5.10 Å². The van der Waals surface area contributed by atoms with Crippen LogP contribution in [-0.4, -0.2) is 76.3 Å². The fraction of sp³-hybridized carbons (Fsp3) is 0.346. The summed E-state index contributed by atoms with van der Waals surface area (Å²) in [6.45, 7) is 8.76. The van der Waals surface area contributed by atoms with Gasteiger partial charge >= 0.3 is 0 Å². The Morgan fingerprint density at radius 2 is 1.95 bits per heavy atom. The van der Waals surface area contributed by atoms with E-state index in [1.807, 2.05) is 37.1 Å². The van der Waals surface area contributed by atoms with Crippen molar-refractivity contribution in [3.63, 3.8) is 0 Å². The van der Waals surface area contributed by atoms with Crippen LogP contribution < -0.4 is 15.4 Å². The van der Waals surface area contributed by atoms with E-state index in [9.17, 15) is 9.59 Å². The number of fused-ring (bicyclic) bond motifs is 1. The second-order valence-corrected chi connectivity index (χ2v) is 9.24. The molecule has 2 N–H and O–H groups in total. The highest BCUT2D eigenvalue weighted by atomic mass is 32.1. The monoisotopic (exact) mass is 537 g/mol. The van der Waals surface area contributed by atoms with E-state index in [0.717, 1.165) is 23.5 Å². The molecule has 0 bridgehead atoms. The van der Waals surface area contributed by atoms with Crippen LogP contribution in [0.4, 0.5) is 11.4 Å². The molecular weight excluding hydrogens is 506 g/mol. The Bertz CT molecular complexity index is 1410. The van der Waals surface area contributed by atoms with Crippen molar-refractivity contribution in [2.24, 2.45) is 0 Å². The molecule has 1 aliphatic rings. The highest BCUT2D eigenvalue weighted by Gasteiger charge is 2.20. The fourth-order valence-electron chi connectivity index (χ4n) is 3.89. The molecule has 5 rings (SSSR count). The molecule has 0 radical (unpaired) electrons. The molecule has 0 aliphatic carbocycles. The number of aryl methyl sites for hydroxylation is 1. The Morgan fingerprint density at radius 3 is 2.71 bits per heavy atom. The molecule has 11 nitrogen and oxygen atoms in total. The lowest BCUT2D eigenvalue weighted by Gasteiger charge is -2.25. The van der Waals surface area contributed by atoms with Gasteiger partial charge in [0.25, 0.3) is 5.91 Å². The summed E-state index contributed by atoms with van der Waals surface area (Å²) in [4.78, 5) is 37.8. The summed E-state index contributed by atoms with van der Waals surface area (Å²) < 4.78 is 12.3. The number of nitrogens with zero attached hydrogens (tertiary/aromatic N) is 5. The fourth-order valence-corrected chi connectivity index (χ4v) is 4.96. The van der Waals surface area contributed by atoms with Crippen LogP contribution in [0.25, 0.3) is 15.3 Å². The van der Waals surface area contributed by atoms with Gasteiger partial charge in [0.15, 0.2) is 0 Å². The third-order valence-electron chi connectivity index (χ3n) is 5.76. The van der Waals surface area contributed by atoms with Crippen molar-refractivity contribution in [1.82, 2.24) is 24.5 Å². The molecule has 1 saturated heterocycles. The lowest BCUT2D eigenvalue weighted by Crippen LogP contribution is -2.41. The zero-order valence-corrected chi connectivity index (χ0v) is 22.7. The summed E-state index contributed by atoms with van der Waals surface area (Å²) in [5.41, 5.74) is 2.90. The summed E-state index contributed by atoms with van der Waals surface area (Å²) in [6, 6.07) is 5.44. The van der Waals surface area contributed by atoms with E-state index in [-0.39, 0.29) is 18.4 Å². The second-order valence-electron chi connectivity index (χ2n) is 8.21. The Hall–Kier alpha value is -3.87. The van der Waals surface area contributed by atoms with Gasteiger partial charge in [0, 0.05) is 25.5 Å². The Labute approximate surface area is 224 Å². The number of anilines is 2. The number of methoxy groups -OCH3 is 1. The zero-order chi connectivity index (χ0) is 27.1. The molecule has 4 aromatic rings. The molecule has 38 heavy (non-hydrogen) atoms. The normalized spacial score (nSPS) is 13.5. The third-order valence-corrected chi connectivity index (χ3v) is 6.91. The number of pyridine rings is 2. The molecule has 2 amide bonds. The van der Waals surface area contributed by atoms with Crippen molar-refractivity contribution in [2.45, 2.75) is 20.8 Å². The number of thiazole rings is 1. The minimum absolute atomic E-state index is 0.143. The molecule has 4 aromatic heterocycles. The lowest BCUT2D eigenvalue weighted by atomic mass is 10.2. The van der Waals surface area contributed by atoms with Crippen molar-refractivity contribution in [2.75, 3.05) is 50.6 Å². The van der Waals surface area contributed by atoms with Crippen LogP contribution in [-0.2, 0) is 9.53 Å². The molecule has 0 aromatic carbocycles. The van der Waals surface area contributed by atoms with Gasteiger partial charge in [-0.3, -0.25) is 19.5 Å². The third kappa shape index (κ3) is 6.15. The van der Waals surface area contributed by atoms with Crippen LogP contribution in [0.2, 0.25) is 0 Å². The van der Waals surface area contributed by atoms with E-state index in [4.69, 9.17) is 9.47 Å². The SMILES string of the molecule is CC.COc1ncccc1-c1cn2ncc(C(=O)Nc3cc(NC(=O)CN4CCOCC4)cnc3C)c2s1. The molecule has 0 spiro atoms. The first-order chi connectivity index (χ1) is 18.5. The zero-order valence-electron chi connectivity index (χ0n) is 21.9. The number of aromatic nitrogens is 4. The van der Waals surface area contributed by atoms with E-state index in [1.54, 1.807) is 37.0 Å². The lowest BCUT2D eigenvalue weighted by molar-refractivity contribution is -0.118. The highest BCUT2D eigenvalue weighted by Crippen LogP contribution is 2.35. The standard InChI is InChI=1S/C24H25N7O4S.C2H6/c1-15-19(10-16(11-26-15)28-21(32)14-30-6-8-35-9-7-30)29-22(33)18-12-27-31-13-20(36-24(18)31)17-4-3-5-25-23(17)34-2;1-2/h3-5,10-13H,6-9,14H2,1-2H3,(H,28,32)(H,29,33);1-2H3. The van der Waals surface area contributed by atoms with Crippen LogP contribution in [0.5, 0.6) is 5.88 Å². The van der Waals surface area contributed by atoms with Crippen molar-refractivity contribution < 1.29 is 19.1 Å². The molecule has 0 saturated carbocycles. The number of morpholine rings is 1. The maximum Gasteiger partial charge on any atom is 0.260 e. The average molecular weight is 538 g/mol. The van der Waals surface area contributed by atoms with Crippen LogP contribution in [0.3, 0.4) is 0 Å². The molecule has 1 aliphatic heterocycles. The Morgan fingerprint density at radius 1 is 1.16 bits per heavy atom. The van der Waals surface area contributed by atoms with Gasteiger partial charge in [0.1, 0.15) is 4.83 Å². The predicted molar refractivity (Wildman–Crippen MR) is 147 cm³/mol. The van der Waals surface area contributed by atoms with Gasteiger partial charge in [-0.1, -0.05) is 13.8 Å². The van der Waals surface area contributed by atoms with Crippen LogP contribution in [0, 0.1) is 6.92 Å². The maximum absolute atomic E-state index is 13.2. The van der Waals surface area contributed by atoms with Crippen LogP contribution >= 0.6 is 11.3 Å². The molecule has 12 heteroatoms. The molecule has 1 fully saturated rings. The van der Waals surface area contributed by atoms with Crippen molar-refractivity contribution in [3.8, 4) is 16.3 Å². The number of ether oxygens (including phenoxy) is 2. The number of hydrogen-bond donors (Lipinski definition) is 2. The molecular formula is C26H31N7O4S. The van der Waals surface area contributed by atoms with Gasteiger partial charge in [-0.05, 0) is 25.1 Å². The van der Waals surface area contributed by atoms with Gasteiger partial charge in [-0.25, -0.2) is 9.50 Å². The van der Waals surface area contributed by atoms with E-state index in [2.05, 4.69) is 25.7 Å². The van der Waals surface area contributed by atoms with Gasteiger partial charge in [-0.15, -0.1) is 11.3 Å². The van der Waals surface area contributed by atoms with Crippen LogP contribution in [0.15, 0.2) is 43.0 Å². The first kappa shape index (κ1) is 27.2. The van der Waals surface area contributed by atoms with Gasteiger partial charge in [0.2, 0.25) is 11.8 Å². The topological polar surface area (TPSA) is 123 Å². The molecule has 0 atom stereocenters. The van der Waals surface area contributed by atoms with Crippen LogP contribution in [0.1, 0.15) is 29.9 Å². The predicted octanol–water partition coefficient (Wildman–Crippen LogP) is 3.72. The van der Waals surface area contributed by atoms with Gasteiger partial charge in [0.05, 0.1) is 72.3 Å². The van der Waals surface area contributed by atoms with E-state index < -0.39 is 0 Å². The number of carbonyl (C=O) groups is 2. The average Bonchev–Trinajstić information content (AvgIpc) is 3.53. The second kappa shape index (κ2) is 12.6. The minimum Gasteiger partial charge on any atom is -0.481 e. The number of carbonyl (C=O) groups excluding carboxylic acids is 2.